The molecule has 2 aromatic rings. The zero-order valence-corrected chi connectivity index (χ0v) is 18.1. The summed E-state index contributed by atoms with van der Waals surface area (Å²) in [5.74, 6) is 3.33. The first-order valence-electron chi connectivity index (χ1n) is 12.0. The highest BCUT2D eigenvalue weighted by Crippen LogP contribution is 2.37. The van der Waals surface area contributed by atoms with Crippen LogP contribution in [0.15, 0.2) is 24.3 Å². The van der Waals surface area contributed by atoms with Crippen molar-refractivity contribution < 1.29 is 0 Å². The van der Waals surface area contributed by atoms with E-state index in [1.807, 2.05) is 0 Å². The van der Waals surface area contributed by atoms with Gasteiger partial charge in [-0.15, -0.1) is 0 Å². The monoisotopic (exact) mass is 405 g/mol. The maximum atomic E-state index is 6.20. The minimum atomic E-state index is 0.411. The van der Waals surface area contributed by atoms with Crippen molar-refractivity contribution >= 4 is 11.8 Å². The van der Waals surface area contributed by atoms with Crippen molar-refractivity contribution in [3.05, 3.63) is 35.4 Å². The Morgan fingerprint density at radius 2 is 1.67 bits per heavy atom. The quantitative estimate of drug-likeness (QED) is 0.798. The van der Waals surface area contributed by atoms with Crippen LogP contribution in [0.25, 0.3) is 11.3 Å². The number of hydrogen-bond donors (Lipinski definition) is 2. The first-order valence-corrected chi connectivity index (χ1v) is 12.0. The highest BCUT2D eigenvalue weighted by molar-refractivity contribution is 5.74. The van der Waals surface area contributed by atoms with Crippen LogP contribution >= 0.6 is 0 Å². The average Bonchev–Trinajstić information content (AvgIpc) is 2.98. The Morgan fingerprint density at radius 1 is 0.933 bits per heavy atom. The van der Waals surface area contributed by atoms with Gasteiger partial charge < -0.3 is 16.0 Å². The molecule has 5 rings (SSSR count). The minimum Gasteiger partial charge on any atom is -0.368 e. The van der Waals surface area contributed by atoms with Crippen LogP contribution in [-0.2, 0) is 12.8 Å². The summed E-state index contributed by atoms with van der Waals surface area (Å²) >= 11 is 0. The first kappa shape index (κ1) is 19.8. The fourth-order valence-electron chi connectivity index (χ4n) is 5.70. The van der Waals surface area contributed by atoms with E-state index in [1.54, 1.807) is 0 Å². The molecule has 0 unspecified atom stereocenters. The smallest absolute Gasteiger partial charge is 0.222 e. The van der Waals surface area contributed by atoms with Crippen LogP contribution in [0.1, 0.15) is 56.1 Å². The lowest BCUT2D eigenvalue weighted by Gasteiger charge is -2.35. The van der Waals surface area contributed by atoms with Gasteiger partial charge in [0.25, 0.3) is 0 Å². The van der Waals surface area contributed by atoms with Gasteiger partial charge in [-0.25, -0.2) is 4.98 Å². The topological polar surface area (TPSA) is 67.1 Å². The maximum Gasteiger partial charge on any atom is 0.222 e. The fraction of sp³-hybridized carbons (Fsp3) is 0.600. The van der Waals surface area contributed by atoms with Gasteiger partial charge in [-0.05, 0) is 75.4 Å². The van der Waals surface area contributed by atoms with Gasteiger partial charge in [0, 0.05) is 24.2 Å². The third kappa shape index (κ3) is 4.18. The molecule has 0 saturated carbocycles. The lowest BCUT2D eigenvalue weighted by atomic mass is 9.85. The van der Waals surface area contributed by atoms with E-state index in [-0.39, 0.29) is 0 Å². The van der Waals surface area contributed by atoms with Crippen LogP contribution in [0, 0.1) is 11.8 Å². The summed E-state index contributed by atoms with van der Waals surface area (Å²) in [6.07, 6.45) is 11.4. The Kier molecular flexibility index (Phi) is 5.89. The summed E-state index contributed by atoms with van der Waals surface area (Å²) in [7, 11) is 0. The van der Waals surface area contributed by atoms with Crippen molar-refractivity contribution in [1.82, 2.24) is 15.3 Å². The van der Waals surface area contributed by atoms with Gasteiger partial charge in [0.2, 0.25) is 5.95 Å². The molecule has 2 fully saturated rings. The van der Waals surface area contributed by atoms with Gasteiger partial charge in [-0.2, -0.15) is 4.98 Å². The molecule has 5 heteroatoms. The molecule has 3 N–H and O–H groups in total. The van der Waals surface area contributed by atoms with E-state index < -0.39 is 0 Å². The Morgan fingerprint density at radius 3 is 2.47 bits per heavy atom. The van der Waals surface area contributed by atoms with Gasteiger partial charge in [-0.1, -0.05) is 37.1 Å². The van der Waals surface area contributed by atoms with Crippen molar-refractivity contribution in [3.8, 4) is 11.3 Å². The molecule has 0 radical (unpaired) electrons. The molecule has 1 aromatic heterocycles. The highest BCUT2D eigenvalue weighted by atomic mass is 15.2. The van der Waals surface area contributed by atoms with Crippen molar-refractivity contribution in [1.29, 1.82) is 0 Å². The van der Waals surface area contributed by atoms with Crippen molar-refractivity contribution in [2.24, 2.45) is 11.8 Å². The summed E-state index contributed by atoms with van der Waals surface area (Å²) in [5, 5.41) is 3.49. The second-order valence-electron chi connectivity index (χ2n) is 9.44. The zero-order chi connectivity index (χ0) is 20.3. The Hall–Kier alpha value is -2.14. The summed E-state index contributed by atoms with van der Waals surface area (Å²) in [5.41, 5.74) is 11.2. The third-order valence-electron chi connectivity index (χ3n) is 7.50. The summed E-state index contributed by atoms with van der Waals surface area (Å²) in [6.45, 7) is 4.63. The van der Waals surface area contributed by atoms with Crippen LogP contribution in [0.2, 0.25) is 0 Å². The molecule has 0 spiro atoms. The lowest BCUT2D eigenvalue weighted by molar-refractivity contribution is 0.295. The molecular weight excluding hydrogens is 370 g/mol. The van der Waals surface area contributed by atoms with E-state index in [2.05, 4.69) is 34.5 Å². The summed E-state index contributed by atoms with van der Waals surface area (Å²) in [6, 6.07) is 8.67. The Bertz CT molecular complexity index is 866. The number of hydrogen-bond acceptors (Lipinski definition) is 5. The van der Waals surface area contributed by atoms with Crippen LogP contribution in [-0.4, -0.2) is 36.1 Å². The number of nitrogens with two attached hydrogens (primary N) is 1. The molecule has 160 valence electrons. The van der Waals surface area contributed by atoms with Crippen LogP contribution in [0.4, 0.5) is 11.8 Å². The molecule has 0 amide bonds. The third-order valence-corrected chi connectivity index (χ3v) is 7.50. The van der Waals surface area contributed by atoms with E-state index in [9.17, 15) is 0 Å². The van der Waals surface area contributed by atoms with E-state index in [4.69, 9.17) is 15.7 Å². The fourth-order valence-corrected chi connectivity index (χ4v) is 5.70. The van der Waals surface area contributed by atoms with Crippen LogP contribution < -0.4 is 16.0 Å². The normalized spacial score (nSPS) is 20.5. The number of fused-ring (bicyclic) bond motifs is 3. The summed E-state index contributed by atoms with van der Waals surface area (Å²) in [4.78, 5) is 11.9. The van der Waals surface area contributed by atoms with Crippen LogP contribution in [0.5, 0.6) is 0 Å². The van der Waals surface area contributed by atoms with Crippen molar-refractivity contribution in [3.63, 3.8) is 0 Å². The standard InChI is InChI=1S/C25H35N5/c26-25-28-23-21-6-2-1-4-20(21)5-3-7-22(23)24(29-25)30-16-12-19(13-17-30)9-8-18-10-14-27-15-11-18/h1-2,4,6,18-19,27H,3,5,7-17H2,(H2,26,28,29). The molecule has 2 aliphatic heterocycles. The van der Waals surface area contributed by atoms with Crippen molar-refractivity contribution in [2.45, 2.75) is 57.8 Å². The Labute approximate surface area is 180 Å². The molecular formula is C25H35N5. The minimum absolute atomic E-state index is 0.411. The SMILES string of the molecule is Nc1nc2c(c(N3CCC(CCC4CCNCC4)CC3)n1)CCCc1ccccc1-2. The van der Waals surface area contributed by atoms with E-state index in [1.165, 1.54) is 68.3 Å². The molecule has 0 atom stereocenters. The van der Waals surface area contributed by atoms with Gasteiger partial charge in [0.15, 0.2) is 0 Å². The number of benzene rings is 1. The van der Waals surface area contributed by atoms with E-state index in [0.29, 0.717) is 5.95 Å². The maximum absolute atomic E-state index is 6.20. The second-order valence-corrected chi connectivity index (χ2v) is 9.44. The number of nitrogen functional groups attached to an aromatic ring is 1. The predicted octanol–water partition coefficient (Wildman–Crippen LogP) is 4.21. The van der Waals surface area contributed by atoms with Crippen LogP contribution in [0.3, 0.4) is 0 Å². The molecule has 30 heavy (non-hydrogen) atoms. The van der Waals surface area contributed by atoms with Gasteiger partial charge >= 0.3 is 0 Å². The predicted molar refractivity (Wildman–Crippen MR) is 124 cm³/mol. The number of piperidine rings is 2. The summed E-state index contributed by atoms with van der Waals surface area (Å²) < 4.78 is 0. The number of aryl methyl sites for hydroxylation is 1. The number of anilines is 2. The number of aromatic nitrogens is 2. The second kappa shape index (κ2) is 8.93. The Balaban J connectivity index is 1.30. The molecule has 3 heterocycles. The van der Waals surface area contributed by atoms with E-state index in [0.717, 1.165) is 55.7 Å². The van der Waals surface area contributed by atoms with E-state index >= 15 is 0 Å². The number of nitrogens with one attached hydrogen (secondary N) is 1. The molecule has 5 nitrogen and oxygen atoms in total. The zero-order valence-electron chi connectivity index (χ0n) is 18.1. The molecule has 0 bridgehead atoms. The van der Waals surface area contributed by atoms with Gasteiger partial charge in [0.1, 0.15) is 5.82 Å². The first-order chi connectivity index (χ1) is 14.8. The van der Waals surface area contributed by atoms with Crippen molar-refractivity contribution in [2.75, 3.05) is 36.8 Å². The number of rotatable bonds is 4. The molecule has 3 aliphatic rings. The largest absolute Gasteiger partial charge is 0.368 e. The van der Waals surface area contributed by atoms with Gasteiger partial charge in [-0.3, -0.25) is 0 Å². The lowest BCUT2D eigenvalue weighted by Crippen LogP contribution is -2.35. The molecule has 1 aliphatic carbocycles. The van der Waals surface area contributed by atoms with Gasteiger partial charge in [0.05, 0.1) is 5.69 Å². The molecule has 2 saturated heterocycles. The average molecular weight is 406 g/mol. The highest BCUT2D eigenvalue weighted by Gasteiger charge is 2.27. The molecule has 1 aromatic carbocycles. The number of nitrogens with zero attached hydrogens (tertiary/aromatic N) is 3.